The number of rotatable bonds is 6. The van der Waals surface area contributed by atoms with E-state index in [2.05, 4.69) is 20.6 Å². The second kappa shape index (κ2) is 7.32. The van der Waals surface area contributed by atoms with Gasteiger partial charge in [0, 0.05) is 25.4 Å². The molecule has 0 bridgehead atoms. The minimum atomic E-state index is -0.300. The zero-order chi connectivity index (χ0) is 16.8. The molecule has 0 unspecified atom stereocenters. The van der Waals surface area contributed by atoms with Gasteiger partial charge in [0.05, 0.1) is 11.9 Å². The molecule has 8 heteroatoms. The van der Waals surface area contributed by atoms with E-state index in [1.807, 2.05) is 30.3 Å². The summed E-state index contributed by atoms with van der Waals surface area (Å²) in [6.45, 7) is 0.858. The molecule has 0 saturated carbocycles. The molecular weight excluding hydrogens is 308 g/mol. The van der Waals surface area contributed by atoms with Crippen LogP contribution in [0.15, 0.2) is 59.7 Å². The molecule has 122 valence electrons. The van der Waals surface area contributed by atoms with Gasteiger partial charge >= 0.3 is 0 Å². The number of benzene rings is 1. The minimum Gasteiger partial charge on any atom is -0.351 e. The fraction of sp³-hybridized carbons (Fsp3) is 0.188. The molecule has 1 N–H and O–H groups in total. The highest BCUT2D eigenvalue weighted by Gasteiger charge is 2.10. The van der Waals surface area contributed by atoms with Gasteiger partial charge in [-0.05, 0) is 24.6 Å². The van der Waals surface area contributed by atoms with Crippen LogP contribution in [0.5, 0.6) is 0 Å². The van der Waals surface area contributed by atoms with Crippen LogP contribution in [0.1, 0.15) is 16.9 Å². The number of aryl methyl sites for hydroxylation is 1. The summed E-state index contributed by atoms with van der Waals surface area (Å²) < 4.78 is 1.36. The third-order valence-corrected chi connectivity index (χ3v) is 3.33. The highest BCUT2D eigenvalue weighted by Crippen LogP contribution is 2.04. The fourth-order valence-corrected chi connectivity index (χ4v) is 2.13. The summed E-state index contributed by atoms with van der Waals surface area (Å²) in [6, 6.07) is 12.4. The van der Waals surface area contributed by atoms with Gasteiger partial charge in [-0.2, -0.15) is 15.0 Å². The minimum absolute atomic E-state index is 0.158. The van der Waals surface area contributed by atoms with Crippen molar-refractivity contribution in [3.05, 3.63) is 70.9 Å². The fourth-order valence-electron chi connectivity index (χ4n) is 2.13. The molecular formula is C16H16N6O2. The molecule has 0 aliphatic heterocycles. The van der Waals surface area contributed by atoms with Crippen molar-refractivity contribution >= 4 is 5.91 Å². The van der Waals surface area contributed by atoms with E-state index in [0.717, 1.165) is 5.69 Å². The molecule has 0 fully saturated rings. The first-order valence-corrected chi connectivity index (χ1v) is 7.52. The number of carbonyl (C=O) groups is 1. The first-order valence-electron chi connectivity index (χ1n) is 7.52. The van der Waals surface area contributed by atoms with Crippen molar-refractivity contribution in [2.75, 3.05) is 6.54 Å². The molecule has 24 heavy (non-hydrogen) atoms. The number of hydrogen-bond acceptors (Lipinski definition) is 5. The Morgan fingerprint density at radius 3 is 2.71 bits per heavy atom. The Morgan fingerprint density at radius 2 is 1.92 bits per heavy atom. The molecule has 3 rings (SSSR count). The maximum Gasteiger partial charge on any atom is 0.273 e. The molecule has 0 spiro atoms. The first kappa shape index (κ1) is 15.6. The predicted molar refractivity (Wildman–Crippen MR) is 86.8 cm³/mol. The van der Waals surface area contributed by atoms with Crippen molar-refractivity contribution < 1.29 is 4.79 Å². The van der Waals surface area contributed by atoms with Gasteiger partial charge in [0.15, 0.2) is 5.69 Å². The van der Waals surface area contributed by atoms with E-state index in [-0.39, 0.29) is 17.2 Å². The van der Waals surface area contributed by atoms with Gasteiger partial charge in [0.2, 0.25) is 0 Å². The lowest BCUT2D eigenvalue weighted by Crippen LogP contribution is -2.28. The molecule has 1 aromatic carbocycles. The normalized spacial score (nSPS) is 10.5. The van der Waals surface area contributed by atoms with E-state index in [1.165, 1.54) is 21.7 Å². The Bertz CT molecular complexity index is 871. The van der Waals surface area contributed by atoms with Gasteiger partial charge in [-0.1, -0.05) is 18.2 Å². The van der Waals surface area contributed by atoms with Crippen LogP contribution in [0, 0.1) is 0 Å². The lowest BCUT2D eigenvalue weighted by Gasteiger charge is -2.04. The lowest BCUT2D eigenvalue weighted by molar-refractivity contribution is 0.0947. The molecule has 0 aliphatic rings. The predicted octanol–water partition coefficient (Wildman–Crippen LogP) is 0.644. The molecule has 0 saturated heterocycles. The Morgan fingerprint density at radius 1 is 1.08 bits per heavy atom. The maximum absolute atomic E-state index is 12.1. The molecule has 2 heterocycles. The van der Waals surface area contributed by atoms with Gasteiger partial charge in [0.1, 0.15) is 0 Å². The van der Waals surface area contributed by atoms with Crippen molar-refractivity contribution in [1.82, 2.24) is 30.1 Å². The third kappa shape index (κ3) is 3.72. The average Bonchev–Trinajstić information content (AvgIpc) is 3.11. The summed E-state index contributed by atoms with van der Waals surface area (Å²) in [4.78, 5) is 25.0. The van der Waals surface area contributed by atoms with E-state index < -0.39 is 0 Å². The van der Waals surface area contributed by atoms with Crippen molar-refractivity contribution in [3.63, 3.8) is 0 Å². The molecule has 1 amide bonds. The molecule has 0 radical (unpaired) electrons. The van der Waals surface area contributed by atoms with Crippen molar-refractivity contribution in [1.29, 1.82) is 0 Å². The molecule has 0 atom stereocenters. The largest absolute Gasteiger partial charge is 0.351 e. The third-order valence-electron chi connectivity index (χ3n) is 3.33. The SMILES string of the molecule is O=C(NCCCn1ncccc1=O)c1cnn(-c2ccccc2)n1. The second-order valence-electron chi connectivity index (χ2n) is 5.05. The van der Waals surface area contributed by atoms with Crippen LogP contribution >= 0.6 is 0 Å². The quantitative estimate of drug-likeness (QED) is 0.672. The number of amides is 1. The maximum atomic E-state index is 12.1. The summed E-state index contributed by atoms with van der Waals surface area (Å²) in [5.41, 5.74) is 0.870. The van der Waals surface area contributed by atoms with Crippen LogP contribution in [-0.2, 0) is 6.54 Å². The van der Waals surface area contributed by atoms with Gasteiger partial charge in [-0.25, -0.2) is 4.68 Å². The molecule has 2 aromatic heterocycles. The van der Waals surface area contributed by atoms with Gasteiger partial charge in [-0.3, -0.25) is 9.59 Å². The topological polar surface area (TPSA) is 94.7 Å². The zero-order valence-electron chi connectivity index (χ0n) is 12.9. The van der Waals surface area contributed by atoms with Gasteiger partial charge in [-0.15, -0.1) is 5.10 Å². The van der Waals surface area contributed by atoms with E-state index in [1.54, 1.807) is 12.3 Å². The monoisotopic (exact) mass is 324 g/mol. The highest BCUT2D eigenvalue weighted by molar-refractivity contribution is 5.91. The second-order valence-corrected chi connectivity index (χ2v) is 5.05. The van der Waals surface area contributed by atoms with E-state index in [0.29, 0.717) is 19.5 Å². The van der Waals surface area contributed by atoms with Crippen molar-refractivity contribution in [3.8, 4) is 5.69 Å². The smallest absolute Gasteiger partial charge is 0.273 e. The standard InChI is InChI=1S/C16H16N6O2/c23-15-8-4-10-18-21(15)11-5-9-17-16(24)14-12-19-22(20-14)13-6-2-1-3-7-13/h1-4,6-8,10,12H,5,9,11H2,(H,17,24). The van der Waals surface area contributed by atoms with E-state index in [9.17, 15) is 9.59 Å². The average molecular weight is 324 g/mol. The number of para-hydroxylation sites is 1. The molecule has 8 nitrogen and oxygen atoms in total. The lowest BCUT2D eigenvalue weighted by atomic mass is 10.3. The van der Waals surface area contributed by atoms with Crippen molar-refractivity contribution in [2.24, 2.45) is 0 Å². The number of carbonyl (C=O) groups excluding carboxylic acids is 1. The number of aromatic nitrogens is 5. The summed E-state index contributed by atoms with van der Waals surface area (Å²) in [5, 5.41) is 15.0. The number of nitrogens with one attached hydrogen (secondary N) is 1. The first-order chi connectivity index (χ1) is 11.7. The van der Waals surface area contributed by atoms with Gasteiger partial charge in [0.25, 0.3) is 11.5 Å². The van der Waals surface area contributed by atoms with Crippen LogP contribution in [0.2, 0.25) is 0 Å². The number of nitrogens with zero attached hydrogens (tertiary/aromatic N) is 5. The zero-order valence-corrected chi connectivity index (χ0v) is 12.9. The summed E-state index contributed by atoms with van der Waals surface area (Å²) in [5.74, 6) is -0.300. The van der Waals surface area contributed by atoms with Crippen LogP contribution in [0.3, 0.4) is 0 Å². The van der Waals surface area contributed by atoms with Crippen LogP contribution < -0.4 is 10.9 Å². The van der Waals surface area contributed by atoms with Crippen LogP contribution in [-0.4, -0.2) is 37.2 Å². The van der Waals surface area contributed by atoms with Crippen molar-refractivity contribution in [2.45, 2.75) is 13.0 Å². The highest BCUT2D eigenvalue weighted by atomic mass is 16.2. The summed E-state index contributed by atoms with van der Waals surface area (Å²) >= 11 is 0. The Labute approximate surface area is 137 Å². The number of hydrogen-bond donors (Lipinski definition) is 1. The Hall–Kier alpha value is -3.29. The van der Waals surface area contributed by atoms with Crippen LogP contribution in [0.25, 0.3) is 5.69 Å². The summed E-state index contributed by atoms with van der Waals surface area (Å²) in [6.07, 6.45) is 3.57. The van der Waals surface area contributed by atoms with E-state index >= 15 is 0 Å². The Balaban J connectivity index is 1.52. The molecule has 3 aromatic rings. The van der Waals surface area contributed by atoms with E-state index in [4.69, 9.17) is 0 Å². The van der Waals surface area contributed by atoms with Gasteiger partial charge < -0.3 is 5.32 Å². The Kier molecular flexibility index (Phi) is 4.76. The van der Waals surface area contributed by atoms with Crippen LogP contribution in [0.4, 0.5) is 0 Å². The molecule has 0 aliphatic carbocycles. The summed E-state index contributed by atoms with van der Waals surface area (Å²) in [7, 11) is 0.